The molecule has 3 aromatic rings. The van der Waals surface area contributed by atoms with Gasteiger partial charge >= 0.3 is 0 Å². The lowest BCUT2D eigenvalue weighted by Gasteiger charge is -2.25. The number of carbonyl (C=O) groups is 1. The van der Waals surface area contributed by atoms with Crippen LogP contribution in [-0.2, 0) is 0 Å². The second-order valence-electron chi connectivity index (χ2n) is 5.54. The summed E-state index contributed by atoms with van der Waals surface area (Å²) in [5.41, 5.74) is 4.72. The molecule has 0 aromatic heterocycles. The Morgan fingerprint density at radius 3 is 1.60 bits per heavy atom. The van der Waals surface area contributed by atoms with E-state index in [0.717, 1.165) is 34.7 Å². The molecular weight excluding hydrogens is 310 g/mol. The van der Waals surface area contributed by atoms with Gasteiger partial charge in [0.15, 0.2) is 0 Å². The lowest BCUT2D eigenvalue weighted by atomic mass is 10.1. The minimum Gasteiger partial charge on any atom is -0.497 e. The Morgan fingerprint density at radius 2 is 1.20 bits per heavy atom. The summed E-state index contributed by atoms with van der Waals surface area (Å²) in [6.45, 7) is 3.80. The molecule has 0 heterocycles. The highest BCUT2D eigenvalue weighted by Crippen LogP contribution is 2.35. The second-order valence-corrected chi connectivity index (χ2v) is 5.54. The number of anilines is 3. The first-order valence-electron chi connectivity index (χ1n) is 7.97. The van der Waals surface area contributed by atoms with Gasteiger partial charge in [0, 0.05) is 22.6 Å². The molecule has 0 saturated heterocycles. The van der Waals surface area contributed by atoms with Crippen molar-refractivity contribution in [3.8, 4) is 5.75 Å². The monoisotopic (exact) mass is 329 g/mol. The molecule has 3 heteroatoms. The molecule has 0 saturated carbocycles. The van der Waals surface area contributed by atoms with Gasteiger partial charge in [-0.15, -0.1) is 0 Å². The van der Waals surface area contributed by atoms with Crippen molar-refractivity contribution in [1.82, 2.24) is 0 Å². The summed E-state index contributed by atoms with van der Waals surface area (Å²) in [7, 11) is 1.65. The normalized spacial score (nSPS) is 10.1. The molecule has 3 rings (SSSR count). The molecule has 25 heavy (non-hydrogen) atoms. The summed E-state index contributed by atoms with van der Waals surface area (Å²) in [6, 6.07) is 23.5. The molecule has 3 nitrogen and oxygen atoms in total. The number of rotatable bonds is 6. The van der Waals surface area contributed by atoms with Gasteiger partial charge in [-0.05, 0) is 66.2 Å². The second kappa shape index (κ2) is 7.49. The number of aldehydes is 1. The van der Waals surface area contributed by atoms with Crippen LogP contribution >= 0.6 is 0 Å². The minimum absolute atomic E-state index is 0.653. The van der Waals surface area contributed by atoms with Gasteiger partial charge in [0.2, 0.25) is 0 Å². The maximum absolute atomic E-state index is 10.9. The van der Waals surface area contributed by atoms with Crippen LogP contribution in [-0.4, -0.2) is 13.4 Å². The van der Waals surface area contributed by atoms with Gasteiger partial charge in [-0.25, -0.2) is 0 Å². The standard InChI is InChI=1S/C22H19NO2/c1-3-17-4-8-19(9-5-17)23(20-10-6-18(16-24)7-11-20)21-12-14-22(25-2)15-13-21/h3-16H,1H2,2H3. The van der Waals surface area contributed by atoms with Crippen LogP contribution in [0, 0.1) is 0 Å². The molecule has 0 fully saturated rings. The molecule has 0 aliphatic carbocycles. The smallest absolute Gasteiger partial charge is 0.150 e. The molecule has 0 amide bonds. The van der Waals surface area contributed by atoms with E-state index in [0.29, 0.717) is 5.56 Å². The Bertz CT molecular complexity index is 799. The van der Waals surface area contributed by atoms with Crippen molar-refractivity contribution in [3.05, 3.63) is 90.5 Å². The van der Waals surface area contributed by atoms with E-state index in [-0.39, 0.29) is 0 Å². The van der Waals surface area contributed by atoms with E-state index in [9.17, 15) is 4.79 Å². The number of nitrogens with zero attached hydrogens (tertiary/aromatic N) is 1. The molecule has 0 aliphatic heterocycles. The van der Waals surface area contributed by atoms with Gasteiger partial charge in [-0.2, -0.15) is 0 Å². The van der Waals surface area contributed by atoms with Gasteiger partial charge in [-0.3, -0.25) is 4.79 Å². The first-order valence-corrected chi connectivity index (χ1v) is 7.97. The van der Waals surface area contributed by atoms with Crippen molar-refractivity contribution < 1.29 is 9.53 Å². The van der Waals surface area contributed by atoms with Crippen LogP contribution in [0.5, 0.6) is 5.75 Å². The summed E-state index contributed by atoms with van der Waals surface area (Å²) in [4.78, 5) is 13.1. The summed E-state index contributed by atoms with van der Waals surface area (Å²) in [6.07, 6.45) is 2.67. The summed E-state index contributed by atoms with van der Waals surface area (Å²) in [5, 5.41) is 0. The van der Waals surface area contributed by atoms with E-state index in [1.54, 1.807) is 7.11 Å². The van der Waals surface area contributed by atoms with Gasteiger partial charge in [0.1, 0.15) is 12.0 Å². The highest BCUT2D eigenvalue weighted by Gasteiger charge is 2.12. The molecular formula is C22H19NO2. The van der Waals surface area contributed by atoms with Crippen molar-refractivity contribution >= 4 is 29.4 Å². The summed E-state index contributed by atoms with van der Waals surface area (Å²) >= 11 is 0. The molecule has 124 valence electrons. The minimum atomic E-state index is 0.653. The SMILES string of the molecule is C=Cc1ccc(N(c2ccc(C=O)cc2)c2ccc(OC)cc2)cc1. The van der Waals surface area contributed by atoms with Gasteiger partial charge in [0.25, 0.3) is 0 Å². The van der Waals surface area contributed by atoms with E-state index < -0.39 is 0 Å². The Kier molecular flexibility index (Phi) is 4.95. The molecule has 0 N–H and O–H groups in total. The fourth-order valence-corrected chi connectivity index (χ4v) is 2.64. The van der Waals surface area contributed by atoms with Crippen LogP contribution in [0.1, 0.15) is 15.9 Å². The largest absolute Gasteiger partial charge is 0.497 e. The quantitative estimate of drug-likeness (QED) is 0.550. The lowest BCUT2D eigenvalue weighted by molar-refractivity contribution is 0.112. The predicted octanol–water partition coefficient (Wildman–Crippen LogP) is 5.62. The Labute approximate surface area is 147 Å². The van der Waals surface area contributed by atoms with Crippen LogP contribution in [0.15, 0.2) is 79.4 Å². The van der Waals surface area contributed by atoms with E-state index in [2.05, 4.69) is 23.6 Å². The molecule has 3 aromatic carbocycles. The van der Waals surface area contributed by atoms with E-state index in [4.69, 9.17) is 4.74 Å². The molecule has 0 atom stereocenters. The molecule has 0 aliphatic rings. The van der Waals surface area contributed by atoms with E-state index in [1.165, 1.54) is 0 Å². The number of ether oxygens (including phenoxy) is 1. The number of hydrogen-bond acceptors (Lipinski definition) is 3. The molecule has 0 radical (unpaired) electrons. The number of carbonyl (C=O) groups excluding carboxylic acids is 1. The van der Waals surface area contributed by atoms with Crippen molar-refractivity contribution in [2.24, 2.45) is 0 Å². The lowest BCUT2D eigenvalue weighted by Crippen LogP contribution is -2.09. The maximum atomic E-state index is 10.9. The van der Waals surface area contributed by atoms with Crippen molar-refractivity contribution in [3.63, 3.8) is 0 Å². The third-order valence-corrected chi connectivity index (χ3v) is 4.00. The van der Waals surface area contributed by atoms with Crippen LogP contribution in [0.2, 0.25) is 0 Å². The third-order valence-electron chi connectivity index (χ3n) is 4.00. The van der Waals surface area contributed by atoms with Gasteiger partial charge in [-0.1, -0.05) is 24.8 Å². The Hall–Kier alpha value is -3.33. The highest BCUT2D eigenvalue weighted by atomic mass is 16.5. The average Bonchev–Trinajstić information content (AvgIpc) is 2.70. The van der Waals surface area contributed by atoms with Crippen LogP contribution in [0.25, 0.3) is 6.08 Å². The first-order chi connectivity index (χ1) is 12.2. The van der Waals surface area contributed by atoms with E-state index >= 15 is 0 Å². The van der Waals surface area contributed by atoms with Gasteiger partial charge in [0.05, 0.1) is 7.11 Å². The summed E-state index contributed by atoms with van der Waals surface area (Å²) in [5.74, 6) is 0.807. The van der Waals surface area contributed by atoms with E-state index in [1.807, 2.05) is 66.7 Å². The maximum Gasteiger partial charge on any atom is 0.150 e. The molecule has 0 spiro atoms. The number of methoxy groups -OCH3 is 1. The fraction of sp³-hybridized carbons (Fsp3) is 0.0455. The third kappa shape index (κ3) is 3.61. The zero-order valence-electron chi connectivity index (χ0n) is 14.1. The number of benzene rings is 3. The number of hydrogen-bond donors (Lipinski definition) is 0. The van der Waals surface area contributed by atoms with Crippen molar-refractivity contribution in [2.45, 2.75) is 0 Å². The first kappa shape index (κ1) is 16.5. The van der Waals surface area contributed by atoms with Crippen LogP contribution in [0.3, 0.4) is 0 Å². The highest BCUT2D eigenvalue weighted by molar-refractivity contribution is 5.80. The molecule has 0 unspecified atom stereocenters. The van der Waals surface area contributed by atoms with Gasteiger partial charge < -0.3 is 9.64 Å². The van der Waals surface area contributed by atoms with Crippen molar-refractivity contribution in [2.75, 3.05) is 12.0 Å². The van der Waals surface area contributed by atoms with Crippen LogP contribution in [0.4, 0.5) is 17.1 Å². The average molecular weight is 329 g/mol. The van der Waals surface area contributed by atoms with Crippen molar-refractivity contribution in [1.29, 1.82) is 0 Å². The fourth-order valence-electron chi connectivity index (χ4n) is 2.64. The Balaban J connectivity index is 2.07. The Morgan fingerprint density at radius 1 is 0.760 bits per heavy atom. The zero-order valence-corrected chi connectivity index (χ0v) is 14.1. The topological polar surface area (TPSA) is 29.5 Å². The summed E-state index contributed by atoms with van der Waals surface area (Å²) < 4.78 is 5.25. The van der Waals surface area contributed by atoms with Crippen LogP contribution < -0.4 is 9.64 Å². The predicted molar refractivity (Wildman–Crippen MR) is 103 cm³/mol. The zero-order chi connectivity index (χ0) is 17.6. The molecule has 0 bridgehead atoms.